The highest BCUT2D eigenvalue weighted by Gasteiger charge is 2.43. The molecular formula is C12H12N2O3. The van der Waals surface area contributed by atoms with Crippen molar-refractivity contribution in [3.05, 3.63) is 24.0 Å². The lowest BCUT2D eigenvalue weighted by Gasteiger charge is -2.13. The van der Waals surface area contributed by atoms with Crippen LogP contribution in [0.25, 0.3) is 0 Å². The Morgan fingerprint density at radius 1 is 1.65 bits per heavy atom. The number of carboxylic acid groups (broad SMARTS) is 1. The Morgan fingerprint density at radius 2 is 2.41 bits per heavy atom. The summed E-state index contributed by atoms with van der Waals surface area (Å²) in [4.78, 5) is 14.6. The van der Waals surface area contributed by atoms with Gasteiger partial charge in [0.1, 0.15) is 0 Å². The van der Waals surface area contributed by atoms with Crippen LogP contribution in [0.1, 0.15) is 29.8 Å². The molecule has 1 aromatic heterocycles. The van der Waals surface area contributed by atoms with E-state index in [0.29, 0.717) is 13.0 Å². The molecule has 1 aromatic rings. The van der Waals surface area contributed by atoms with Crippen molar-refractivity contribution in [2.24, 2.45) is 5.41 Å². The zero-order valence-electron chi connectivity index (χ0n) is 9.22. The van der Waals surface area contributed by atoms with Crippen LogP contribution in [0.3, 0.4) is 0 Å². The average Bonchev–Trinajstić information content (AvgIpc) is 3.08. The zero-order chi connectivity index (χ0) is 12.3. The molecule has 0 radical (unpaired) electrons. The summed E-state index contributed by atoms with van der Waals surface area (Å²) in [5.74, 6) is -0.838. The summed E-state index contributed by atoms with van der Waals surface area (Å²) in [6, 6.07) is 5.35. The third kappa shape index (κ3) is 2.53. The third-order valence-corrected chi connectivity index (χ3v) is 2.92. The molecule has 5 nitrogen and oxygen atoms in total. The van der Waals surface area contributed by atoms with Gasteiger partial charge in [0.2, 0.25) is 0 Å². The first-order valence-electron chi connectivity index (χ1n) is 5.35. The Labute approximate surface area is 98.7 Å². The minimum absolute atomic E-state index is 0.0691. The normalized spacial score (nSPS) is 15.9. The Morgan fingerprint density at radius 3 is 3.00 bits per heavy atom. The van der Waals surface area contributed by atoms with E-state index in [9.17, 15) is 4.79 Å². The number of aromatic nitrogens is 1. The van der Waals surface area contributed by atoms with E-state index in [1.807, 2.05) is 0 Å². The minimum atomic E-state index is -1.11. The SMILES string of the molecule is N#CCC1(COc2cccnc2C(=O)O)CC1. The van der Waals surface area contributed by atoms with E-state index >= 15 is 0 Å². The predicted molar refractivity (Wildman–Crippen MR) is 58.6 cm³/mol. The first-order chi connectivity index (χ1) is 8.17. The highest BCUT2D eigenvalue weighted by Crippen LogP contribution is 2.48. The zero-order valence-corrected chi connectivity index (χ0v) is 9.22. The molecule has 1 aliphatic rings. The Kier molecular flexibility index (Phi) is 2.96. The maximum Gasteiger partial charge on any atom is 0.358 e. The summed E-state index contributed by atoms with van der Waals surface area (Å²) in [5.41, 5.74) is -0.152. The molecule has 2 rings (SSSR count). The van der Waals surface area contributed by atoms with Crippen LogP contribution in [0, 0.1) is 16.7 Å². The molecule has 0 atom stereocenters. The van der Waals surface area contributed by atoms with Crippen LogP contribution in [0.15, 0.2) is 18.3 Å². The summed E-state index contributed by atoms with van der Waals surface area (Å²) in [5, 5.41) is 17.6. The van der Waals surface area contributed by atoms with Crippen LogP contribution in [0.4, 0.5) is 0 Å². The number of hydrogen-bond donors (Lipinski definition) is 1. The molecule has 1 fully saturated rings. The van der Waals surface area contributed by atoms with Gasteiger partial charge in [0.25, 0.3) is 0 Å². The van der Waals surface area contributed by atoms with Gasteiger partial charge in [-0.2, -0.15) is 5.26 Å². The second-order valence-corrected chi connectivity index (χ2v) is 4.28. The van der Waals surface area contributed by atoms with Gasteiger partial charge in [0.05, 0.1) is 12.7 Å². The monoisotopic (exact) mass is 232 g/mol. The molecule has 0 saturated heterocycles. The minimum Gasteiger partial charge on any atom is -0.490 e. The van der Waals surface area contributed by atoms with E-state index in [1.165, 1.54) is 6.20 Å². The highest BCUT2D eigenvalue weighted by atomic mass is 16.5. The van der Waals surface area contributed by atoms with Crippen molar-refractivity contribution < 1.29 is 14.6 Å². The number of nitrogens with zero attached hydrogens (tertiary/aromatic N) is 2. The fraction of sp³-hybridized carbons (Fsp3) is 0.417. The van der Waals surface area contributed by atoms with E-state index in [4.69, 9.17) is 15.1 Å². The molecule has 0 spiro atoms. The summed E-state index contributed by atoms with van der Waals surface area (Å²) < 4.78 is 5.48. The number of carboxylic acids is 1. The van der Waals surface area contributed by atoms with E-state index in [2.05, 4.69) is 11.1 Å². The first kappa shape index (κ1) is 11.4. The molecule has 0 amide bonds. The average molecular weight is 232 g/mol. The second-order valence-electron chi connectivity index (χ2n) is 4.28. The van der Waals surface area contributed by atoms with Crippen LogP contribution in [0.5, 0.6) is 5.75 Å². The lowest BCUT2D eigenvalue weighted by Crippen LogP contribution is -2.14. The Hall–Kier alpha value is -2.09. The summed E-state index contributed by atoms with van der Waals surface area (Å²) >= 11 is 0. The van der Waals surface area contributed by atoms with Crippen molar-refractivity contribution in [1.29, 1.82) is 5.26 Å². The number of carbonyl (C=O) groups is 1. The van der Waals surface area contributed by atoms with Crippen LogP contribution >= 0.6 is 0 Å². The van der Waals surface area contributed by atoms with Gasteiger partial charge < -0.3 is 9.84 Å². The number of ether oxygens (including phenoxy) is 1. The second kappa shape index (κ2) is 4.42. The standard InChI is InChI=1S/C12H12N2O3/c13-6-5-12(3-4-12)8-17-9-2-1-7-14-10(9)11(15)16/h1-2,7H,3-5,8H2,(H,15,16). The van der Waals surface area contributed by atoms with Crippen molar-refractivity contribution in [2.75, 3.05) is 6.61 Å². The van der Waals surface area contributed by atoms with Gasteiger partial charge in [-0.1, -0.05) is 0 Å². The Balaban J connectivity index is 2.05. The van der Waals surface area contributed by atoms with Gasteiger partial charge in [-0.3, -0.25) is 0 Å². The molecule has 0 aromatic carbocycles. The van der Waals surface area contributed by atoms with E-state index in [1.54, 1.807) is 12.1 Å². The van der Waals surface area contributed by atoms with Gasteiger partial charge in [-0.15, -0.1) is 0 Å². The smallest absolute Gasteiger partial charge is 0.358 e. The van der Waals surface area contributed by atoms with Gasteiger partial charge in [0, 0.05) is 18.0 Å². The summed E-state index contributed by atoms with van der Waals surface area (Å²) in [7, 11) is 0. The summed E-state index contributed by atoms with van der Waals surface area (Å²) in [6.45, 7) is 0.381. The van der Waals surface area contributed by atoms with Crippen LogP contribution in [-0.4, -0.2) is 22.7 Å². The van der Waals surface area contributed by atoms with E-state index in [-0.39, 0.29) is 16.9 Å². The first-order valence-corrected chi connectivity index (χ1v) is 5.35. The van der Waals surface area contributed by atoms with Crippen LogP contribution in [0.2, 0.25) is 0 Å². The predicted octanol–water partition coefficient (Wildman–Crippen LogP) is 1.85. The van der Waals surface area contributed by atoms with Crippen molar-refractivity contribution >= 4 is 5.97 Å². The van der Waals surface area contributed by atoms with Crippen LogP contribution < -0.4 is 4.74 Å². The van der Waals surface area contributed by atoms with Gasteiger partial charge in [0.15, 0.2) is 11.4 Å². The fourth-order valence-corrected chi connectivity index (χ4v) is 1.62. The number of pyridine rings is 1. The Bertz CT molecular complexity index is 475. The molecule has 1 aliphatic carbocycles. The largest absolute Gasteiger partial charge is 0.490 e. The number of rotatable bonds is 5. The maximum absolute atomic E-state index is 10.9. The number of aromatic carboxylic acids is 1. The van der Waals surface area contributed by atoms with E-state index < -0.39 is 5.97 Å². The summed E-state index contributed by atoms with van der Waals surface area (Å²) in [6.07, 6.45) is 3.79. The molecule has 1 saturated carbocycles. The highest BCUT2D eigenvalue weighted by molar-refractivity contribution is 5.88. The molecular weight excluding hydrogens is 220 g/mol. The fourth-order valence-electron chi connectivity index (χ4n) is 1.62. The van der Waals surface area contributed by atoms with Gasteiger partial charge in [-0.25, -0.2) is 9.78 Å². The van der Waals surface area contributed by atoms with Crippen molar-refractivity contribution in [2.45, 2.75) is 19.3 Å². The number of hydrogen-bond acceptors (Lipinski definition) is 4. The third-order valence-electron chi connectivity index (χ3n) is 2.92. The van der Waals surface area contributed by atoms with Crippen molar-refractivity contribution in [1.82, 2.24) is 4.98 Å². The number of nitriles is 1. The molecule has 0 bridgehead atoms. The molecule has 1 N–H and O–H groups in total. The topological polar surface area (TPSA) is 83.2 Å². The lowest BCUT2D eigenvalue weighted by atomic mass is 10.1. The molecule has 17 heavy (non-hydrogen) atoms. The maximum atomic E-state index is 10.9. The molecule has 5 heteroatoms. The van der Waals surface area contributed by atoms with E-state index in [0.717, 1.165) is 12.8 Å². The van der Waals surface area contributed by atoms with Crippen molar-refractivity contribution in [3.63, 3.8) is 0 Å². The molecule has 0 unspecified atom stereocenters. The van der Waals surface area contributed by atoms with Gasteiger partial charge >= 0.3 is 5.97 Å². The lowest BCUT2D eigenvalue weighted by molar-refractivity contribution is 0.0683. The van der Waals surface area contributed by atoms with Crippen LogP contribution in [-0.2, 0) is 0 Å². The molecule has 88 valence electrons. The molecule has 1 heterocycles. The van der Waals surface area contributed by atoms with Crippen molar-refractivity contribution in [3.8, 4) is 11.8 Å². The molecule has 0 aliphatic heterocycles. The van der Waals surface area contributed by atoms with Gasteiger partial charge in [-0.05, 0) is 25.0 Å². The quantitative estimate of drug-likeness (QED) is 0.837.